The van der Waals surface area contributed by atoms with E-state index >= 15 is 0 Å². The summed E-state index contributed by atoms with van der Waals surface area (Å²) < 4.78 is 13.5. The van der Waals surface area contributed by atoms with Crippen LogP contribution in [0.25, 0.3) is 0 Å². The van der Waals surface area contributed by atoms with Gasteiger partial charge in [-0.05, 0) is 67.4 Å². The lowest BCUT2D eigenvalue weighted by Crippen LogP contribution is -2.32. The molecule has 0 fully saturated rings. The molecule has 2 N–H and O–H groups in total. The minimum atomic E-state index is -0.787. The van der Waals surface area contributed by atoms with Gasteiger partial charge in [0, 0.05) is 22.0 Å². The van der Waals surface area contributed by atoms with E-state index in [4.69, 9.17) is 34.8 Å². The number of amides is 3. The number of hydrogen-bond acceptors (Lipinski definition) is 4. The third kappa shape index (κ3) is 4.89. The summed E-state index contributed by atoms with van der Waals surface area (Å²) in [5, 5.41) is 5.56. The van der Waals surface area contributed by atoms with E-state index in [2.05, 4.69) is 10.6 Å². The average Bonchev–Trinajstić information content (AvgIpc) is 3.02. The van der Waals surface area contributed by atoms with Crippen molar-refractivity contribution < 1.29 is 18.8 Å². The molecule has 178 valence electrons. The van der Waals surface area contributed by atoms with Crippen LogP contribution in [0.3, 0.4) is 0 Å². The van der Waals surface area contributed by atoms with E-state index in [1.165, 1.54) is 12.1 Å². The second-order valence-electron chi connectivity index (χ2n) is 7.81. The first-order chi connectivity index (χ1) is 16.6. The van der Waals surface area contributed by atoms with Gasteiger partial charge in [-0.2, -0.15) is 0 Å². The monoisotopic (exact) mass is 531 g/mol. The fraction of sp³-hybridized carbons (Fsp3) is 0.0800. The van der Waals surface area contributed by atoms with E-state index < -0.39 is 23.5 Å². The second kappa shape index (κ2) is 9.70. The van der Waals surface area contributed by atoms with Gasteiger partial charge in [0.1, 0.15) is 16.5 Å². The quantitative estimate of drug-likeness (QED) is 0.371. The molecule has 0 radical (unpaired) electrons. The molecule has 35 heavy (non-hydrogen) atoms. The first-order valence-corrected chi connectivity index (χ1v) is 11.4. The van der Waals surface area contributed by atoms with E-state index in [9.17, 15) is 18.8 Å². The molecule has 1 aliphatic rings. The van der Waals surface area contributed by atoms with Gasteiger partial charge in [-0.3, -0.25) is 14.4 Å². The van der Waals surface area contributed by atoms with Crippen LogP contribution in [-0.2, 0) is 9.59 Å². The second-order valence-corrected chi connectivity index (χ2v) is 9.00. The Balaban J connectivity index is 1.58. The summed E-state index contributed by atoms with van der Waals surface area (Å²) in [5.41, 5.74) is 2.69. The molecule has 0 saturated carbocycles. The van der Waals surface area contributed by atoms with Crippen LogP contribution in [0.4, 0.5) is 21.5 Å². The number of hydrogen-bond donors (Lipinski definition) is 2. The van der Waals surface area contributed by atoms with Crippen LogP contribution in [0, 0.1) is 19.7 Å². The molecule has 0 spiro atoms. The highest BCUT2D eigenvalue weighted by Gasteiger charge is 2.39. The van der Waals surface area contributed by atoms with Crippen molar-refractivity contribution >= 4 is 69.6 Å². The predicted molar refractivity (Wildman–Crippen MR) is 136 cm³/mol. The Labute approximate surface area is 215 Å². The maximum Gasteiger partial charge on any atom is 0.283 e. The largest absolute Gasteiger partial charge is 0.349 e. The van der Waals surface area contributed by atoms with E-state index in [1.807, 2.05) is 6.92 Å². The lowest BCUT2D eigenvalue weighted by atomic mass is 10.1. The van der Waals surface area contributed by atoms with Gasteiger partial charge in [-0.15, -0.1) is 0 Å². The number of anilines is 3. The Hall–Kier alpha value is -3.39. The number of aryl methyl sites for hydroxylation is 2. The number of carbonyl (C=O) groups excluding carboxylic acids is 3. The molecule has 0 unspecified atom stereocenters. The fourth-order valence-electron chi connectivity index (χ4n) is 3.38. The number of nitrogens with one attached hydrogen (secondary N) is 2. The maximum absolute atomic E-state index is 13.5. The summed E-state index contributed by atoms with van der Waals surface area (Å²) in [4.78, 5) is 39.3. The van der Waals surface area contributed by atoms with Gasteiger partial charge in [0.15, 0.2) is 0 Å². The molecule has 3 aromatic carbocycles. The SMILES string of the molecule is Cc1ccc(NC(=O)c2ccc(C)c(NC3=C(Cl)C(=O)N(c4ccc(F)c(Cl)c4)C3=O)c2)cc1Cl. The summed E-state index contributed by atoms with van der Waals surface area (Å²) in [5.74, 6) is -2.62. The van der Waals surface area contributed by atoms with E-state index in [1.54, 1.807) is 37.3 Å². The van der Waals surface area contributed by atoms with Gasteiger partial charge < -0.3 is 10.6 Å². The smallest absolute Gasteiger partial charge is 0.283 e. The molecule has 0 bridgehead atoms. The molecule has 0 saturated heterocycles. The molecule has 0 atom stereocenters. The highest BCUT2D eigenvalue weighted by molar-refractivity contribution is 6.53. The van der Waals surface area contributed by atoms with Crippen molar-refractivity contribution in [2.45, 2.75) is 13.8 Å². The predicted octanol–water partition coefficient (Wildman–Crippen LogP) is 6.44. The Morgan fingerprint density at radius 3 is 2.26 bits per heavy atom. The number of nitrogens with zero attached hydrogens (tertiary/aromatic N) is 1. The van der Waals surface area contributed by atoms with Gasteiger partial charge >= 0.3 is 0 Å². The highest BCUT2D eigenvalue weighted by atomic mass is 35.5. The zero-order valence-corrected chi connectivity index (χ0v) is 20.6. The molecule has 3 aromatic rings. The van der Waals surface area contributed by atoms with Crippen LogP contribution < -0.4 is 15.5 Å². The first-order valence-electron chi connectivity index (χ1n) is 10.3. The van der Waals surface area contributed by atoms with Crippen molar-refractivity contribution in [3.8, 4) is 0 Å². The molecule has 4 rings (SSSR count). The average molecular weight is 533 g/mol. The van der Waals surface area contributed by atoms with E-state index in [-0.39, 0.29) is 21.4 Å². The van der Waals surface area contributed by atoms with Crippen molar-refractivity contribution in [1.29, 1.82) is 0 Å². The van der Waals surface area contributed by atoms with Crippen LogP contribution in [0.15, 0.2) is 65.3 Å². The Morgan fingerprint density at radius 1 is 0.857 bits per heavy atom. The zero-order valence-electron chi connectivity index (χ0n) is 18.4. The summed E-state index contributed by atoms with van der Waals surface area (Å²) >= 11 is 18.1. The Morgan fingerprint density at radius 2 is 1.57 bits per heavy atom. The van der Waals surface area contributed by atoms with Crippen LogP contribution in [0.5, 0.6) is 0 Å². The lowest BCUT2D eigenvalue weighted by molar-refractivity contribution is -0.120. The topological polar surface area (TPSA) is 78.5 Å². The van der Waals surface area contributed by atoms with Crippen LogP contribution in [0.1, 0.15) is 21.5 Å². The minimum absolute atomic E-state index is 0.0722. The number of imide groups is 1. The fourth-order valence-corrected chi connectivity index (χ4v) is 3.94. The van der Waals surface area contributed by atoms with E-state index in [0.29, 0.717) is 27.5 Å². The molecule has 0 aliphatic carbocycles. The van der Waals surface area contributed by atoms with E-state index in [0.717, 1.165) is 22.6 Å². The van der Waals surface area contributed by atoms with Crippen molar-refractivity contribution in [1.82, 2.24) is 0 Å². The molecule has 1 heterocycles. The Bertz CT molecular complexity index is 1440. The van der Waals surface area contributed by atoms with Crippen molar-refractivity contribution in [2.24, 2.45) is 0 Å². The summed E-state index contributed by atoms with van der Waals surface area (Å²) in [6.07, 6.45) is 0. The number of halogens is 4. The van der Waals surface area contributed by atoms with Crippen molar-refractivity contribution in [2.75, 3.05) is 15.5 Å². The molecular formula is C25H17Cl3FN3O3. The molecular weight excluding hydrogens is 516 g/mol. The molecule has 6 nitrogen and oxygen atoms in total. The maximum atomic E-state index is 13.5. The highest BCUT2D eigenvalue weighted by Crippen LogP contribution is 2.33. The summed E-state index contributed by atoms with van der Waals surface area (Å²) in [6.45, 7) is 3.61. The zero-order chi connectivity index (χ0) is 25.4. The number of benzene rings is 3. The lowest BCUT2D eigenvalue weighted by Gasteiger charge is -2.16. The normalized spacial score (nSPS) is 13.5. The third-order valence-electron chi connectivity index (χ3n) is 5.38. The van der Waals surface area contributed by atoms with Gasteiger partial charge in [0.05, 0.1) is 10.7 Å². The standard InChI is InChI=1S/C25H17Cl3FN3O3/c1-12-4-6-15(10-17(12)26)30-23(33)14-5-3-13(2)20(9-14)31-22-21(28)24(34)32(25(22)35)16-7-8-19(29)18(27)11-16/h3-11,31H,1-2H3,(H,30,33). The van der Waals surface area contributed by atoms with Crippen molar-refractivity contribution in [3.05, 3.63) is 97.9 Å². The van der Waals surface area contributed by atoms with Gasteiger partial charge in [0.25, 0.3) is 17.7 Å². The Kier molecular flexibility index (Phi) is 6.85. The summed E-state index contributed by atoms with van der Waals surface area (Å²) in [7, 11) is 0. The molecule has 10 heteroatoms. The van der Waals surface area contributed by atoms with Crippen LogP contribution in [-0.4, -0.2) is 17.7 Å². The first kappa shape index (κ1) is 24.7. The summed E-state index contributed by atoms with van der Waals surface area (Å²) in [6, 6.07) is 13.5. The third-order valence-corrected chi connectivity index (χ3v) is 6.43. The minimum Gasteiger partial charge on any atom is -0.349 e. The van der Waals surface area contributed by atoms with Gasteiger partial charge in [-0.25, -0.2) is 9.29 Å². The van der Waals surface area contributed by atoms with Crippen LogP contribution in [0.2, 0.25) is 10.0 Å². The van der Waals surface area contributed by atoms with Crippen molar-refractivity contribution in [3.63, 3.8) is 0 Å². The van der Waals surface area contributed by atoms with Crippen LogP contribution >= 0.6 is 34.8 Å². The molecule has 1 aliphatic heterocycles. The van der Waals surface area contributed by atoms with Gasteiger partial charge in [-0.1, -0.05) is 46.9 Å². The van der Waals surface area contributed by atoms with Gasteiger partial charge in [0.2, 0.25) is 0 Å². The molecule has 0 aromatic heterocycles. The molecule has 3 amide bonds. The number of rotatable bonds is 5. The number of carbonyl (C=O) groups is 3.